The van der Waals surface area contributed by atoms with Crippen molar-refractivity contribution in [2.75, 3.05) is 31.1 Å². The van der Waals surface area contributed by atoms with Gasteiger partial charge in [0, 0.05) is 44.0 Å². The van der Waals surface area contributed by atoms with Crippen molar-refractivity contribution in [2.24, 2.45) is 5.92 Å². The molecule has 5 heteroatoms. The lowest BCUT2D eigenvalue weighted by molar-refractivity contribution is -0.130. The zero-order valence-electron chi connectivity index (χ0n) is 15.2. The highest BCUT2D eigenvalue weighted by atomic mass is 16.2. The smallest absolute Gasteiger partial charge is 0.225 e. The Balaban J connectivity index is 2.14. The Morgan fingerprint density at radius 3 is 2.30 bits per heavy atom. The van der Waals surface area contributed by atoms with Crippen molar-refractivity contribution >= 4 is 11.9 Å². The molecule has 0 radical (unpaired) electrons. The first-order valence-electron chi connectivity index (χ1n) is 8.79. The van der Waals surface area contributed by atoms with Crippen molar-refractivity contribution in [2.45, 2.75) is 53.9 Å². The molecule has 1 fully saturated rings. The van der Waals surface area contributed by atoms with Crippen LogP contribution in [0.15, 0.2) is 0 Å². The lowest BCUT2D eigenvalue weighted by Crippen LogP contribution is -2.35. The molecule has 1 aromatic rings. The Morgan fingerprint density at radius 2 is 1.74 bits per heavy atom. The van der Waals surface area contributed by atoms with Crippen LogP contribution < -0.4 is 4.90 Å². The fourth-order valence-corrected chi connectivity index (χ4v) is 3.16. The molecule has 0 aliphatic carbocycles. The van der Waals surface area contributed by atoms with Gasteiger partial charge >= 0.3 is 0 Å². The van der Waals surface area contributed by atoms with Gasteiger partial charge in [0.1, 0.15) is 0 Å². The van der Waals surface area contributed by atoms with Gasteiger partial charge in [-0.2, -0.15) is 0 Å². The zero-order valence-corrected chi connectivity index (χ0v) is 15.2. The van der Waals surface area contributed by atoms with Crippen LogP contribution in [0.3, 0.4) is 0 Å². The average molecular weight is 318 g/mol. The Morgan fingerprint density at radius 1 is 1.09 bits per heavy atom. The second-order valence-corrected chi connectivity index (χ2v) is 6.85. The van der Waals surface area contributed by atoms with Gasteiger partial charge in [-0.1, -0.05) is 20.8 Å². The van der Waals surface area contributed by atoms with Gasteiger partial charge in [-0.05, 0) is 38.2 Å². The highest BCUT2D eigenvalue weighted by molar-refractivity contribution is 5.75. The summed E-state index contributed by atoms with van der Waals surface area (Å²) in [5.41, 5.74) is 3.46. The van der Waals surface area contributed by atoms with Gasteiger partial charge in [0.25, 0.3) is 0 Å². The fourth-order valence-electron chi connectivity index (χ4n) is 3.16. The first-order valence-corrected chi connectivity index (χ1v) is 8.79. The molecule has 5 nitrogen and oxygen atoms in total. The van der Waals surface area contributed by atoms with Gasteiger partial charge in [-0.15, -0.1) is 0 Å². The van der Waals surface area contributed by atoms with Crippen molar-refractivity contribution in [3.63, 3.8) is 0 Å². The molecule has 0 spiro atoms. The zero-order chi connectivity index (χ0) is 17.0. The minimum absolute atomic E-state index is 0.243. The van der Waals surface area contributed by atoms with Gasteiger partial charge in [0.15, 0.2) is 0 Å². The molecule has 0 N–H and O–H groups in total. The molecular formula is C18H30N4O. The highest BCUT2D eigenvalue weighted by Gasteiger charge is 2.20. The minimum atomic E-state index is 0.243. The Labute approximate surface area is 140 Å². The van der Waals surface area contributed by atoms with Crippen LogP contribution in [0.2, 0.25) is 0 Å². The van der Waals surface area contributed by atoms with E-state index in [4.69, 9.17) is 9.97 Å². The minimum Gasteiger partial charge on any atom is -0.341 e. The molecule has 2 heterocycles. The van der Waals surface area contributed by atoms with Gasteiger partial charge in [-0.3, -0.25) is 4.79 Å². The molecule has 128 valence electrons. The quantitative estimate of drug-likeness (QED) is 0.856. The summed E-state index contributed by atoms with van der Waals surface area (Å²) in [7, 11) is 0. The summed E-state index contributed by atoms with van der Waals surface area (Å²) < 4.78 is 0. The lowest BCUT2D eigenvalue weighted by Gasteiger charge is -2.23. The lowest BCUT2D eigenvalue weighted by atomic mass is 10.0. The number of carbonyl (C=O) groups is 1. The summed E-state index contributed by atoms with van der Waals surface area (Å²) in [6, 6.07) is 0. The summed E-state index contributed by atoms with van der Waals surface area (Å²) >= 11 is 0. The molecule has 0 saturated carbocycles. The maximum atomic E-state index is 11.9. The Bertz CT molecular complexity index is 533. The van der Waals surface area contributed by atoms with E-state index in [1.807, 2.05) is 11.8 Å². The highest BCUT2D eigenvalue weighted by Crippen LogP contribution is 2.20. The fraction of sp³-hybridized carbons (Fsp3) is 0.722. The molecule has 1 amide bonds. The largest absolute Gasteiger partial charge is 0.341 e. The van der Waals surface area contributed by atoms with E-state index >= 15 is 0 Å². The summed E-state index contributed by atoms with van der Waals surface area (Å²) in [6.45, 7) is 13.9. The van der Waals surface area contributed by atoms with E-state index < -0.39 is 0 Å². The summed E-state index contributed by atoms with van der Waals surface area (Å²) in [5.74, 6) is 1.67. The van der Waals surface area contributed by atoms with Crippen LogP contribution >= 0.6 is 0 Å². The number of amides is 1. The van der Waals surface area contributed by atoms with Crippen LogP contribution in [0.4, 0.5) is 5.95 Å². The summed E-state index contributed by atoms with van der Waals surface area (Å²) in [6.07, 6.45) is 2.58. The van der Waals surface area contributed by atoms with E-state index in [0.717, 1.165) is 56.4 Å². The molecular weight excluding hydrogens is 288 g/mol. The van der Waals surface area contributed by atoms with E-state index in [2.05, 4.69) is 32.6 Å². The first kappa shape index (κ1) is 17.7. The normalized spacial score (nSPS) is 15.9. The van der Waals surface area contributed by atoms with Crippen LogP contribution in [0.1, 0.15) is 50.6 Å². The molecule has 0 unspecified atom stereocenters. The van der Waals surface area contributed by atoms with Crippen LogP contribution in [0, 0.1) is 19.8 Å². The summed E-state index contributed by atoms with van der Waals surface area (Å²) in [5, 5.41) is 0. The van der Waals surface area contributed by atoms with Crippen molar-refractivity contribution in [1.29, 1.82) is 0 Å². The van der Waals surface area contributed by atoms with E-state index in [1.165, 1.54) is 5.56 Å². The molecule has 1 saturated heterocycles. The number of aryl methyl sites for hydroxylation is 2. The molecule has 0 bridgehead atoms. The molecule has 1 aromatic heterocycles. The van der Waals surface area contributed by atoms with Crippen molar-refractivity contribution in [1.82, 2.24) is 14.9 Å². The van der Waals surface area contributed by atoms with Crippen molar-refractivity contribution in [3.8, 4) is 0 Å². The van der Waals surface area contributed by atoms with Crippen LogP contribution in [-0.2, 0) is 11.2 Å². The number of anilines is 1. The van der Waals surface area contributed by atoms with Crippen LogP contribution in [0.5, 0.6) is 0 Å². The van der Waals surface area contributed by atoms with Crippen molar-refractivity contribution < 1.29 is 4.79 Å². The number of hydrogen-bond donors (Lipinski definition) is 0. The molecule has 2 rings (SSSR count). The SMILES string of the molecule is CCC(=O)N1CCCN(c2nc(C)c(CC(C)C)c(C)n2)CC1. The van der Waals surface area contributed by atoms with Crippen LogP contribution in [-0.4, -0.2) is 47.0 Å². The molecule has 0 aromatic carbocycles. The number of hydrogen-bond acceptors (Lipinski definition) is 4. The summed E-state index contributed by atoms with van der Waals surface area (Å²) in [4.78, 5) is 25.6. The Kier molecular flexibility index (Phi) is 5.97. The van der Waals surface area contributed by atoms with Gasteiger partial charge in [-0.25, -0.2) is 9.97 Å². The van der Waals surface area contributed by atoms with Gasteiger partial charge in [0.2, 0.25) is 11.9 Å². The van der Waals surface area contributed by atoms with E-state index in [-0.39, 0.29) is 5.91 Å². The van der Waals surface area contributed by atoms with E-state index in [1.54, 1.807) is 0 Å². The predicted molar refractivity (Wildman–Crippen MR) is 93.7 cm³/mol. The topological polar surface area (TPSA) is 49.3 Å². The van der Waals surface area contributed by atoms with Gasteiger partial charge in [0.05, 0.1) is 0 Å². The molecule has 0 atom stereocenters. The van der Waals surface area contributed by atoms with Crippen LogP contribution in [0.25, 0.3) is 0 Å². The van der Waals surface area contributed by atoms with E-state index in [9.17, 15) is 4.79 Å². The molecule has 1 aliphatic rings. The first-order chi connectivity index (χ1) is 10.9. The third-order valence-electron chi connectivity index (χ3n) is 4.46. The standard InChI is InChI=1S/C18H30N4O/c1-6-17(23)21-8-7-9-22(11-10-21)18-19-14(4)16(12-13(2)3)15(5)20-18/h13H,6-12H2,1-5H3. The van der Waals surface area contributed by atoms with Gasteiger partial charge < -0.3 is 9.80 Å². The van der Waals surface area contributed by atoms with Crippen molar-refractivity contribution in [3.05, 3.63) is 17.0 Å². The second-order valence-electron chi connectivity index (χ2n) is 6.85. The van der Waals surface area contributed by atoms with E-state index in [0.29, 0.717) is 12.3 Å². The molecule has 23 heavy (non-hydrogen) atoms. The second kappa shape index (κ2) is 7.75. The number of rotatable bonds is 4. The molecule has 1 aliphatic heterocycles. The monoisotopic (exact) mass is 318 g/mol. The maximum Gasteiger partial charge on any atom is 0.225 e. The number of carbonyl (C=O) groups excluding carboxylic acids is 1. The maximum absolute atomic E-state index is 11.9. The number of aromatic nitrogens is 2. The Hall–Kier alpha value is -1.65. The third-order valence-corrected chi connectivity index (χ3v) is 4.46. The average Bonchev–Trinajstić information content (AvgIpc) is 2.75. The predicted octanol–water partition coefficient (Wildman–Crippen LogP) is 2.74. The third kappa shape index (κ3) is 4.43. The number of nitrogens with zero attached hydrogens (tertiary/aromatic N) is 4.